The Morgan fingerprint density at radius 2 is 1.00 bits per heavy atom. The Labute approximate surface area is 159 Å². The summed E-state index contributed by atoms with van der Waals surface area (Å²) >= 11 is 1.22. The molecule has 0 nitrogen and oxygen atoms in total. The van der Waals surface area contributed by atoms with E-state index in [2.05, 4.69) is 62.4 Å². The zero-order valence-corrected chi connectivity index (χ0v) is 18.5. The van der Waals surface area contributed by atoms with Crippen LogP contribution in [-0.2, 0) is 12.8 Å². The van der Waals surface area contributed by atoms with Gasteiger partial charge in [-0.2, -0.15) is 0 Å². The van der Waals surface area contributed by atoms with Gasteiger partial charge in [-0.1, -0.05) is 0 Å². The first kappa shape index (κ1) is 19.8. The molecule has 0 N–H and O–H groups in total. The third kappa shape index (κ3) is 6.77. The van der Waals surface area contributed by atoms with Gasteiger partial charge in [0, 0.05) is 0 Å². The zero-order chi connectivity index (χ0) is 17.0. The van der Waals surface area contributed by atoms with E-state index < -0.39 is 0 Å². The van der Waals surface area contributed by atoms with Crippen LogP contribution in [0.1, 0.15) is 63.5 Å². The van der Waals surface area contributed by atoms with Gasteiger partial charge in [-0.15, -0.1) is 0 Å². The van der Waals surface area contributed by atoms with Crippen LogP contribution in [-0.4, -0.2) is 26.3 Å². The number of benzene rings is 2. The van der Waals surface area contributed by atoms with Gasteiger partial charge in [0.25, 0.3) is 0 Å². The summed E-state index contributed by atoms with van der Waals surface area (Å²) in [4.78, 5) is 0. The Hall–Kier alpha value is -0.521. The van der Waals surface area contributed by atoms with Crippen molar-refractivity contribution in [3.8, 4) is 0 Å². The molecule has 0 radical (unpaired) electrons. The van der Waals surface area contributed by atoms with E-state index >= 15 is 0 Å². The van der Waals surface area contributed by atoms with Gasteiger partial charge in [-0.3, -0.25) is 0 Å². The molecule has 24 heavy (non-hydrogen) atoms. The first-order chi connectivity index (χ1) is 11.8. The molecule has 0 aliphatic rings. The standard InChI is InChI=1S/C22H30Se2/c1-3-5-7-13-19-15-9-11-17-21(19)23-24-22-18-12-10-16-20(22)14-8-6-4-2/h9-12,15-18H,3-8,13-14H2,1-2H3. The minimum atomic E-state index is 0.608. The number of hydrogen-bond acceptors (Lipinski definition) is 0. The number of aryl methyl sites for hydroxylation is 2. The van der Waals surface area contributed by atoms with E-state index in [-0.39, 0.29) is 0 Å². The van der Waals surface area contributed by atoms with Gasteiger partial charge in [-0.05, 0) is 0 Å². The molecule has 0 unspecified atom stereocenters. The van der Waals surface area contributed by atoms with Crippen LogP contribution in [0.3, 0.4) is 0 Å². The molecule has 0 spiro atoms. The molecular formula is C22H30Se2. The van der Waals surface area contributed by atoms with Gasteiger partial charge in [0.2, 0.25) is 0 Å². The van der Waals surface area contributed by atoms with Crippen molar-refractivity contribution in [3.05, 3.63) is 59.7 Å². The molecule has 0 amide bonds. The maximum absolute atomic E-state index is 2.38. The molecule has 0 aliphatic carbocycles. The van der Waals surface area contributed by atoms with Crippen LogP contribution in [0.5, 0.6) is 0 Å². The van der Waals surface area contributed by atoms with Crippen LogP contribution in [0.2, 0.25) is 0 Å². The molecule has 2 aromatic rings. The summed E-state index contributed by atoms with van der Waals surface area (Å²) in [6.45, 7) is 4.57. The van der Waals surface area contributed by atoms with Crippen molar-refractivity contribution < 1.29 is 0 Å². The SMILES string of the molecule is CCCCCc1ccccc1[Se][Se]c1ccccc1CCCCC. The number of unbranched alkanes of at least 4 members (excludes halogenated alkanes) is 4. The fourth-order valence-electron chi connectivity index (χ4n) is 2.80. The second-order valence-electron chi connectivity index (χ2n) is 6.30. The Kier molecular flexibility index (Phi) is 9.84. The first-order valence-corrected chi connectivity index (χ1v) is 15.4. The van der Waals surface area contributed by atoms with Crippen molar-refractivity contribution in [1.82, 2.24) is 0 Å². The third-order valence-electron chi connectivity index (χ3n) is 4.27. The van der Waals surface area contributed by atoms with E-state index in [0.717, 1.165) is 0 Å². The van der Waals surface area contributed by atoms with Crippen molar-refractivity contribution in [3.63, 3.8) is 0 Å². The summed E-state index contributed by atoms with van der Waals surface area (Å²) in [5.74, 6) is 0. The predicted molar refractivity (Wildman–Crippen MR) is 110 cm³/mol. The summed E-state index contributed by atoms with van der Waals surface area (Å²) in [7, 11) is 0. The third-order valence-corrected chi connectivity index (χ3v) is 11.7. The molecule has 130 valence electrons. The second kappa shape index (κ2) is 11.9. The summed E-state index contributed by atoms with van der Waals surface area (Å²) in [6, 6.07) is 18.4. The molecular weight excluding hydrogens is 422 g/mol. The zero-order valence-electron chi connectivity index (χ0n) is 15.1. The monoisotopic (exact) mass is 454 g/mol. The fourth-order valence-corrected chi connectivity index (χ4v) is 10.4. The Bertz CT molecular complexity index is 539. The van der Waals surface area contributed by atoms with E-state index in [1.54, 1.807) is 20.1 Å². The molecule has 0 bridgehead atoms. The molecule has 2 aromatic carbocycles. The first-order valence-electron chi connectivity index (χ1n) is 9.35. The van der Waals surface area contributed by atoms with E-state index in [4.69, 9.17) is 0 Å². The van der Waals surface area contributed by atoms with Gasteiger partial charge in [0.15, 0.2) is 0 Å². The molecule has 0 saturated carbocycles. The van der Waals surface area contributed by atoms with E-state index in [1.807, 2.05) is 0 Å². The summed E-state index contributed by atoms with van der Waals surface area (Å²) in [5.41, 5.74) is 3.22. The van der Waals surface area contributed by atoms with Crippen LogP contribution in [0.15, 0.2) is 48.5 Å². The van der Waals surface area contributed by atoms with Crippen LogP contribution in [0.4, 0.5) is 0 Å². The fraction of sp³-hybridized carbons (Fsp3) is 0.455. The molecule has 2 heteroatoms. The molecule has 0 atom stereocenters. The van der Waals surface area contributed by atoms with E-state index in [9.17, 15) is 0 Å². The summed E-state index contributed by atoms with van der Waals surface area (Å²) < 4.78 is 3.29. The molecule has 0 aromatic heterocycles. The minimum absolute atomic E-state index is 0.608. The topological polar surface area (TPSA) is 0 Å². The Morgan fingerprint density at radius 1 is 0.583 bits per heavy atom. The van der Waals surface area contributed by atoms with Crippen molar-refractivity contribution in [2.45, 2.75) is 65.2 Å². The Morgan fingerprint density at radius 3 is 1.42 bits per heavy atom. The van der Waals surface area contributed by atoms with E-state index in [1.165, 1.54) is 51.4 Å². The van der Waals surface area contributed by atoms with Gasteiger partial charge in [0.05, 0.1) is 0 Å². The maximum atomic E-state index is 2.38. The van der Waals surface area contributed by atoms with Crippen LogP contribution in [0.25, 0.3) is 0 Å². The van der Waals surface area contributed by atoms with Gasteiger partial charge in [-0.25, -0.2) is 0 Å². The normalized spacial score (nSPS) is 10.9. The summed E-state index contributed by atoms with van der Waals surface area (Å²) in [5, 5.41) is 0. The molecule has 0 aliphatic heterocycles. The van der Waals surface area contributed by atoms with Crippen LogP contribution >= 0.6 is 0 Å². The van der Waals surface area contributed by atoms with E-state index in [0.29, 0.717) is 26.3 Å². The second-order valence-corrected chi connectivity index (χ2v) is 12.5. The van der Waals surface area contributed by atoms with Gasteiger partial charge >= 0.3 is 160 Å². The average Bonchev–Trinajstić information content (AvgIpc) is 2.62. The van der Waals surface area contributed by atoms with Crippen molar-refractivity contribution in [1.29, 1.82) is 0 Å². The predicted octanol–water partition coefficient (Wildman–Crippen LogP) is 4.43. The molecule has 0 heterocycles. The Balaban J connectivity index is 1.98. The number of hydrogen-bond donors (Lipinski definition) is 0. The van der Waals surface area contributed by atoms with Gasteiger partial charge in [0.1, 0.15) is 0 Å². The summed E-state index contributed by atoms with van der Waals surface area (Å²) in [6.07, 6.45) is 10.5. The van der Waals surface area contributed by atoms with Crippen molar-refractivity contribution >= 4 is 35.2 Å². The van der Waals surface area contributed by atoms with Crippen molar-refractivity contribution in [2.24, 2.45) is 0 Å². The van der Waals surface area contributed by atoms with Crippen LogP contribution < -0.4 is 8.92 Å². The molecule has 2 rings (SSSR count). The quantitative estimate of drug-likeness (QED) is 0.350. The van der Waals surface area contributed by atoms with Crippen LogP contribution in [0, 0.1) is 0 Å². The number of rotatable bonds is 11. The van der Waals surface area contributed by atoms with Gasteiger partial charge < -0.3 is 0 Å². The average molecular weight is 452 g/mol. The van der Waals surface area contributed by atoms with Crippen molar-refractivity contribution in [2.75, 3.05) is 0 Å². The molecule has 0 fully saturated rings. The molecule has 0 saturated heterocycles.